The molecule has 5 N–H and O–H groups in total. The summed E-state index contributed by atoms with van der Waals surface area (Å²) >= 11 is 0. The Morgan fingerprint density at radius 3 is 0.892 bits per heavy atom. The lowest BCUT2D eigenvalue weighted by Crippen LogP contribution is -2.53. The number of amides is 1. The first kappa shape index (κ1) is 64.0. The standard InChI is InChI=1S/C59H117NO5/c1-3-5-7-9-11-13-15-17-19-21-23-25-27-28-29-30-31-33-34-36-38-40-42-44-46-48-50-52-56(62)58(64)55(54-61)60-59(65)57(63)53-51-49-47-45-43-41-39-37-35-32-26-24-22-20-18-16-14-12-10-8-6-4-2/h35,37,55-58,61-64H,3-34,36,38-54H2,1-2H3,(H,60,65)/b37-35-. The fraction of sp³-hybridized carbons (Fsp3) is 0.949. The Hall–Kier alpha value is -0.950. The molecule has 4 unspecified atom stereocenters. The van der Waals surface area contributed by atoms with E-state index in [0.717, 1.165) is 44.9 Å². The predicted molar refractivity (Wildman–Crippen MR) is 284 cm³/mol. The van der Waals surface area contributed by atoms with Crippen molar-refractivity contribution in [1.29, 1.82) is 0 Å². The zero-order chi connectivity index (χ0) is 47.4. The maximum absolute atomic E-state index is 12.6. The van der Waals surface area contributed by atoms with Gasteiger partial charge in [0.2, 0.25) is 5.91 Å². The van der Waals surface area contributed by atoms with E-state index in [-0.39, 0.29) is 0 Å². The number of nitrogens with one attached hydrogen (secondary N) is 1. The molecule has 388 valence electrons. The average Bonchev–Trinajstić information content (AvgIpc) is 3.31. The van der Waals surface area contributed by atoms with E-state index in [4.69, 9.17) is 0 Å². The van der Waals surface area contributed by atoms with Crippen molar-refractivity contribution in [2.75, 3.05) is 6.61 Å². The van der Waals surface area contributed by atoms with Crippen molar-refractivity contribution in [3.63, 3.8) is 0 Å². The summed E-state index contributed by atoms with van der Waals surface area (Å²) < 4.78 is 0. The molecule has 0 aliphatic heterocycles. The number of aliphatic hydroxyl groups excluding tert-OH is 4. The first-order valence-electron chi connectivity index (χ1n) is 29.6. The summed E-state index contributed by atoms with van der Waals surface area (Å²) in [6.07, 6.45) is 64.3. The number of hydrogen-bond acceptors (Lipinski definition) is 5. The van der Waals surface area contributed by atoms with Crippen LogP contribution in [0.15, 0.2) is 12.2 Å². The number of allylic oxidation sites excluding steroid dienone is 2. The highest BCUT2D eigenvalue weighted by Gasteiger charge is 2.28. The third-order valence-electron chi connectivity index (χ3n) is 14.2. The highest BCUT2D eigenvalue weighted by atomic mass is 16.3. The molecule has 0 saturated carbocycles. The molecule has 6 nitrogen and oxygen atoms in total. The SMILES string of the molecule is CCCCCCCCCCCCCC/C=C\CCCCCCCCC(O)C(=O)NC(CO)C(O)C(O)CCCCCCCCCCCCCCCCCCCCCCCCCCCCC. The van der Waals surface area contributed by atoms with Gasteiger partial charge in [-0.3, -0.25) is 4.79 Å². The monoisotopic (exact) mass is 920 g/mol. The van der Waals surface area contributed by atoms with E-state index in [1.54, 1.807) is 0 Å². The molecule has 65 heavy (non-hydrogen) atoms. The molecule has 1 amide bonds. The smallest absolute Gasteiger partial charge is 0.249 e. The van der Waals surface area contributed by atoms with Crippen LogP contribution in [0.2, 0.25) is 0 Å². The fourth-order valence-corrected chi connectivity index (χ4v) is 9.58. The molecular formula is C59H117NO5. The van der Waals surface area contributed by atoms with Crippen LogP contribution in [-0.2, 0) is 4.79 Å². The van der Waals surface area contributed by atoms with Crippen molar-refractivity contribution in [1.82, 2.24) is 5.32 Å². The quantitative estimate of drug-likeness (QED) is 0.0308. The average molecular weight is 921 g/mol. The Bertz CT molecular complexity index is 944. The lowest BCUT2D eigenvalue weighted by molar-refractivity contribution is -0.132. The third-order valence-corrected chi connectivity index (χ3v) is 14.2. The number of carbonyl (C=O) groups excluding carboxylic acids is 1. The van der Waals surface area contributed by atoms with Gasteiger partial charge in [0.1, 0.15) is 12.2 Å². The topological polar surface area (TPSA) is 110 Å². The van der Waals surface area contributed by atoms with Gasteiger partial charge >= 0.3 is 0 Å². The molecule has 0 bridgehead atoms. The van der Waals surface area contributed by atoms with Crippen molar-refractivity contribution in [2.45, 2.75) is 353 Å². The minimum atomic E-state index is -1.26. The van der Waals surface area contributed by atoms with Crippen LogP contribution in [0.1, 0.15) is 328 Å². The summed E-state index contributed by atoms with van der Waals surface area (Å²) in [5.41, 5.74) is 0. The number of unbranched alkanes of at least 4 members (excludes halogenated alkanes) is 44. The Morgan fingerprint density at radius 1 is 0.369 bits per heavy atom. The fourth-order valence-electron chi connectivity index (χ4n) is 9.58. The highest BCUT2D eigenvalue weighted by Crippen LogP contribution is 2.19. The van der Waals surface area contributed by atoms with Gasteiger partial charge in [0.05, 0.1) is 18.8 Å². The number of hydrogen-bond donors (Lipinski definition) is 5. The molecule has 0 spiro atoms. The molecule has 0 rings (SSSR count). The predicted octanol–water partition coefficient (Wildman–Crippen LogP) is 17.3. The van der Waals surface area contributed by atoms with E-state index in [2.05, 4.69) is 31.3 Å². The number of aliphatic hydroxyl groups is 4. The first-order valence-corrected chi connectivity index (χ1v) is 29.6. The Balaban J connectivity index is 3.59. The van der Waals surface area contributed by atoms with Crippen LogP contribution in [0, 0.1) is 0 Å². The van der Waals surface area contributed by atoms with Crippen LogP contribution in [0.5, 0.6) is 0 Å². The van der Waals surface area contributed by atoms with Crippen LogP contribution in [0.3, 0.4) is 0 Å². The van der Waals surface area contributed by atoms with Crippen LogP contribution < -0.4 is 5.32 Å². The van der Waals surface area contributed by atoms with Crippen molar-refractivity contribution >= 4 is 5.91 Å². The van der Waals surface area contributed by atoms with Gasteiger partial charge in [-0.1, -0.05) is 302 Å². The Kier molecular flexibility index (Phi) is 53.2. The van der Waals surface area contributed by atoms with Crippen LogP contribution >= 0.6 is 0 Å². The second kappa shape index (κ2) is 54.0. The largest absolute Gasteiger partial charge is 0.394 e. The lowest BCUT2D eigenvalue weighted by Gasteiger charge is -2.27. The molecule has 0 aliphatic rings. The van der Waals surface area contributed by atoms with Gasteiger partial charge < -0.3 is 25.7 Å². The maximum atomic E-state index is 12.6. The molecule has 0 fully saturated rings. The van der Waals surface area contributed by atoms with Gasteiger partial charge in [0, 0.05) is 0 Å². The maximum Gasteiger partial charge on any atom is 0.249 e. The molecule has 0 heterocycles. The third kappa shape index (κ3) is 47.9. The van der Waals surface area contributed by atoms with Gasteiger partial charge in [-0.2, -0.15) is 0 Å². The molecule has 0 aliphatic carbocycles. The lowest BCUT2D eigenvalue weighted by atomic mass is 9.99. The van der Waals surface area contributed by atoms with Crippen molar-refractivity contribution in [3.05, 3.63) is 12.2 Å². The van der Waals surface area contributed by atoms with Gasteiger partial charge in [0.15, 0.2) is 0 Å². The van der Waals surface area contributed by atoms with E-state index in [0.29, 0.717) is 12.8 Å². The highest BCUT2D eigenvalue weighted by molar-refractivity contribution is 5.80. The molecule has 0 saturated heterocycles. The zero-order valence-electron chi connectivity index (χ0n) is 44.0. The number of rotatable bonds is 55. The summed E-state index contributed by atoms with van der Waals surface area (Å²) in [4.78, 5) is 12.6. The van der Waals surface area contributed by atoms with Gasteiger partial charge in [0.25, 0.3) is 0 Å². The van der Waals surface area contributed by atoms with E-state index < -0.39 is 36.9 Å². The van der Waals surface area contributed by atoms with E-state index in [1.165, 1.54) is 257 Å². The first-order chi connectivity index (χ1) is 32.0. The number of carbonyl (C=O) groups is 1. The second-order valence-corrected chi connectivity index (χ2v) is 20.7. The van der Waals surface area contributed by atoms with E-state index in [1.807, 2.05) is 0 Å². The second-order valence-electron chi connectivity index (χ2n) is 20.7. The van der Waals surface area contributed by atoms with Gasteiger partial charge in [-0.05, 0) is 38.5 Å². The summed E-state index contributed by atoms with van der Waals surface area (Å²) in [6.45, 7) is 4.10. The Labute approximate surface area is 406 Å². The molecule has 6 heteroatoms. The van der Waals surface area contributed by atoms with Gasteiger partial charge in [-0.25, -0.2) is 0 Å². The normalized spacial score (nSPS) is 13.8. The summed E-state index contributed by atoms with van der Waals surface area (Å²) in [6, 6.07) is -0.986. The molecule has 4 atom stereocenters. The van der Waals surface area contributed by atoms with Crippen molar-refractivity contribution in [2.24, 2.45) is 0 Å². The minimum absolute atomic E-state index is 0.365. The summed E-state index contributed by atoms with van der Waals surface area (Å²) in [5, 5.41) is 44.1. The minimum Gasteiger partial charge on any atom is -0.394 e. The molecule has 0 aromatic carbocycles. The Morgan fingerprint density at radius 2 is 0.615 bits per heavy atom. The van der Waals surface area contributed by atoms with Crippen LogP contribution in [0.25, 0.3) is 0 Å². The van der Waals surface area contributed by atoms with Crippen LogP contribution in [0.4, 0.5) is 0 Å². The summed E-state index contributed by atoms with van der Waals surface area (Å²) in [5.74, 6) is -0.582. The van der Waals surface area contributed by atoms with Crippen LogP contribution in [-0.4, -0.2) is 57.3 Å². The molecule has 0 radical (unpaired) electrons. The summed E-state index contributed by atoms with van der Waals surface area (Å²) in [7, 11) is 0. The van der Waals surface area contributed by atoms with E-state index >= 15 is 0 Å². The van der Waals surface area contributed by atoms with Crippen molar-refractivity contribution in [3.8, 4) is 0 Å². The van der Waals surface area contributed by atoms with Gasteiger partial charge in [-0.15, -0.1) is 0 Å². The van der Waals surface area contributed by atoms with E-state index in [9.17, 15) is 25.2 Å². The molecular weight excluding hydrogens is 803 g/mol. The van der Waals surface area contributed by atoms with Crippen molar-refractivity contribution < 1.29 is 25.2 Å². The molecule has 0 aromatic rings. The zero-order valence-corrected chi connectivity index (χ0v) is 44.0. The molecule has 0 aromatic heterocycles.